The molecule has 2 aliphatic heterocycles. The summed E-state index contributed by atoms with van der Waals surface area (Å²) in [5.41, 5.74) is 10.4. The van der Waals surface area contributed by atoms with Gasteiger partial charge in [0.15, 0.2) is 0 Å². The molecule has 9 rings (SSSR count). The standard InChI is InChI=1S/C48H46B2N2O4/c1-45(2)46(3,4)54-49(53-45)35-23-19-33(20-24-35)41-29-37(31-15-11-9-12-16-31)43-39(51-41)27-28-40-44(43)38(32-17-13-10-14-18-32)30-42(52-40)34-21-25-36(26-22-34)50-55-47(5,6)48(7,8)56-50/h9-30H,1-8H3. The van der Waals surface area contributed by atoms with Crippen molar-refractivity contribution in [2.45, 2.75) is 77.8 Å². The smallest absolute Gasteiger partial charge is 0.399 e. The Hall–Kier alpha value is -5.11. The fraction of sp³-hybridized carbons (Fsp3) is 0.250. The Morgan fingerprint density at radius 3 is 1.02 bits per heavy atom. The lowest BCUT2D eigenvalue weighted by molar-refractivity contribution is 0.00578. The van der Waals surface area contributed by atoms with Crippen LogP contribution in [0.2, 0.25) is 0 Å². The summed E-state index contributed by atoms with van der Waals surface area (Å²) < 4.78 is 25.4. The van der Waals surface area contributed by atoms with Crippen LogP contribution in [0.1, 0.15) is 55.4 Å². The quantitative estimate of drug-likeness (QED) is 0.125. The molecule has 0 spiro atoms. The summed E-state index contributed by atoms with van der Waals surface area (Å²) in [5.74, 6) is 0. The lowest BCUT2D eigenvalue weighted by atomic mass is 9.78. The van der Waals surface area contributed by atoms with Gasteiger partial charge in [-0.3, -0.25) is 0 Å². The first-order chi connectivity index (χ1) is 26.7. The fourth-order valence-electron chi connectivity index (χ4n) is 7.62. The van der Waals surface area contributed by atoms with Crippen molar-refractivity contribution in [1.29, 1.82) is 0 Å². The molecule has 6 nitrogen and oxygen atoms in total. The Labute approximate surface area is 330 Å². The van der Waals surface area contributed by atoms with E-state index < -0.39 is 36.6 Å². The van der Waals surface area contributed by atoms with E-state index in [1.165, 1.54) is 0 Å². The van der Waals surface area contributed by atoms with Crippen molar-refractivity contribution in [3.8, 4) is 44.8 Å². The highest BCUT2D eigenvalue weighted by atomic mass is 16.7. The third kappa shape index (κ3) is 6.25. The van der Waals surface area contributed by atoms with Gasteiger partial charge in [0.25, 0.3) is 0 Å². The zero-order chi connectivity index (χ0) is 39.0. The van der Waals surface area contributed by atoms with E-state index in [2.05, 4.69) is 189 Å². The first-order valence-corrected chi connectivity index (χ1v) is 19.5. The lowest BCUT2D eigenvalue weighted by Crippen LogP contribution is -2.41. The molecule has 7 aromatic rings. The average molecular weight is 737 g/mol. The van der Waals surface area contributed by atoms with Crippen molar-refractivity contribution in [2.24, 2.45) is 0 Å². The minimum atomic E-state index is -0.424. The Bertz CT molecular complexity index is 2380. The molecule has 2 saturated heterocycles. The van der Waals surface area contributed by atoms with E-state index in [9.17, 15) is 0 Å². The van der Waals surface area contributed by atoms with Crippen LogP contribution in [-0.4, -0.2) is 46.6 Å². The second kappa shape index (κ2) is 13.2. The Morgan fingerprint density at radius 1 is 0.375 bits per heavy atom. The number of fused-ring (bicyclic) bond motifs is 3. The van der Waals surface area contributed by atoms with Gasteiger partial charge in [0, 0.05) is 21.9 Å². The molecule has 0 unspecified atom stereocenters. The van der Waals surface area contributed by atoms with Crippen molar-refractivity contribution in [1.82, 2.24) is 9.97 Å². The second-order valence-corrected chi connectivity index (χ2v) is 17.1. The van der Waals surface area contributed by atoms with E-state index in [4.69, 9.17) is 28.6 Å². The number of benzene rings is 5. The summed E-state index contributed by atoms with van der Waals surface area (Å²) in [6.45, 7) is 16.6. The summed E-state index contributed by atoms with van der Waals surface area (Å²) in [5, 5.41) is 2.14. The number of hydrogen-bond acceptors (Lipinski definition) is 6. The normalized spacial score (nSPS) is 18.2. The number of rotatable bonds is 6. The van der Waals surface area contributed by atoms with Gasteiger partial charge in [-0.1, -0.05) is 109 Å². The molecule has 4 heterocycles. The van der Waals surface area contributed by atoms with Gasteiger partial charge in [0.05, 0.1) is 44.8 Å². The Kier molecular flexibility index (Phi) is 8.64. The molecule has 278 valence electrons. The van der Waals surface area contributed by atoms with Gasteiger partial charge in [-0.25, -0.2) is 9.97 Å². The maximum Gasteiger partial charge on any atom is 0.494 e. The zero-order valence-corrected chi connectivity index (χ0v) is 33.4. The molecule has 5 aromatic carbocycles. The van der Waals surface area contributed by atoms with Crippen molar-refractivity contribution in [2.75, 3.05) is 0 Å². The summed E-state index contributed by atoms with van der Waals surface area (Å²) in [6, 6.07) is 46.6. The molecular formula is C48H46B2N2O4. The molecule has 0 radical (unpaired) electrons. The molecule has 2 fully saturated rings. The van der Waals surface area contributed by atoms with E-state index >= 15 is 0 Å². The van der Waals surface area contributed by atoms with Crippen molar-refractivity contribution < 1.29 is 18.6 Å². The highest BCUT2D eigenvalue weighted by Gasteiger charge is 2.52. The van der Waals surface area contributed by atoms with Gasteiger partial charge >= 0.3 is 14.2 Å². The molecule has 0 saturated carbocycles. The minimum Gasteiger partial charge on any atom is -0.399 e. The molecule has 0 bridgehead atoms. The largest absolute Gasteiger partial charge is 0.494 e. The molecule has 2 aliphatic rings. The summed E-state index contributed by atoms with van der Waals surface area (Å²) in [6.07, 6.45) is 0. The molecule has 2 aromatic heterocycles. The van der Waals surface area contributed by atoms with Gasteiger partial charge in [0.1, 0.15) is 0 Å². The Morgan fingerprint density at radius 2 is 0.696 bits per heavy atom. The molecule has 0 amide bonds. The van der Waals surface area contributed by atoms with E-state index in [1.54, 1.807) is 0 Å². The Balaban J connectivity index is 1.17. The zero-order valence-electron chi connectivity index (χ0n) is 33.4. The van der Waals surface area contributed by atoms with Gasteiger partial charge in [0.2, 0.25) is 0 Å². The van der Waals surface area contributed by atoms with Crippen LogP contribution in [-0.2, 0) is 18.6 Å². The summed E-state index contributed by atoms with van der Waals surface area (Å²) >= 11 is 0. The first kappa shape index (κ1) is 36.5. The van der Waals surface area contributed by atoms with Crippen LogP contribution in [0.5, 0.6) is 0 Å². The van der Waals surface area contributed by atoms with Crippen LogP contribution in [0.3, 0.4) is 0 Å². The molecule has 56 heavy (non-hydrogen) atoms. The van der Waals surface area contributed by atoms with Gasteiger partial charge < -0.3 is 18.6 Å². The number of pyridine rings is 2. The van der Waals surface area contributed by atoms with Crippen LogP contribution in [0, 0.1) is 0 Å². The van der Waals surface area contributed by atoms with Crippen molar-refractivity contribution in [3.05, 3.63) is 133 Å². The molecule has 0 aliphatic carbocycles. The SMILES string of the molecule is CC1(C)OB(c2ccc(-c3cc(-c4ccccc4)c4c(ccc5nc(-c6ccc(B7OC(C)(C)C(C)(C)O7)cc6)cc(-c6ccccc6)c54)n3)cc2)OC1(C)C. The summed E-state index contributed by atoms with van der Waals surface area (Å²) in [4.78, 5) is 10.6. The third-order valence-corrected chi connectivity index (χ3v) is 12.4. The second-order valence-electron chi connectivity index (χ2n) is 17.1. The maximum absolute atomic E-state index is 6.34. The predicted molar refractivity (Wildman–Crippen MR) is 230 cm³/mol. The van der Waals surface area contributed by atoms with Gasteiger partial charge in [-0.15, -0.1) is 0 Å². The van der Waals surface area contributed by atoms with Crippen molar-refractivity contribution >= 4 is 47.0 Å². The fourth-order valence-corrected chi connectivity index (χ4v) is 7.62. The average Bonchev–Trinajstić information content (AvgIpc) is 3.56. The number of aromatic nitrogens is 2. The lowest BCUT2D eigenvalue weighted by Gasteiger charge is -2.32. The van der Waals surface area contributed by atoms with Crippen LogP contribution in [0.4, 0.5) is 0 Å². The van der Waals surface area contributed by atoms with Crippen LogP contribution < -0.4 is 10.9 Å². The first-order valence-electron chi connectivity index (χ1n) is 19.5. The topological polar surface area (TPSA) is 62.7 Å². The van der Waals surface area contributed by atoms with Crippen LogP contribution in [0.15, 0.2) is 133 Å². The predicted octanol–water partition coefficient (Wildman–Crippen LogP) is 10.0. The van der Waals surface area contributed by atoms with E-state index in [0.717, 1.165) is 77.5 Å². The van der Waals surface area contributed by atoms with Crippen LogP contribution >= 0.6 is 0 Å². The van der Waals surface area contributed by atoms with Gasteiger partial charge in [-0.05, 0) is 113 Å². The third-order valence-electron chi connectivity index (χ3n) is 12.4. The van der Waals surface area contributed by atoms with E-state index in [-0.39, 0.29) is 0 Å². The molecular weight excluding hydrogens is 690 g/mol. The highest BCUT2D eigenvalue weighted by molar-refractivity contribution is 6.62. The monoisotopic (exact) mass is 736 g/mol. The maximum atomic E-state index is 6.34. The van der Waals surface area contributed by atoms with Crippen LogP contribution in [0.25, 0.3) is 66.6 Å². The summed E-state index contributed by atoms with van der Waals surface area (Å²) in [7, 11) is -0.849. The van der Waals surface area contributed by atoms with Gasteiger partial charge in [-0.2, -0.15) is 0 Å². The van der Waals surface area contributed by atoms with Crippen molar-refractivity contribution in [3.63, 3.8) is 0 Å². The molecule has 0 atom stereocenters. The minimum absolute atomic E-state index is 0.405. The highest BCUT2D eigenvalue weighted by Crippen LogP contribution is 2.42. The molecule has 8 heteroatoms. The van der Waals surface area contributed by atoms with E-state index in [1.807, 2.05) is 0 Å². The number of nitrogens with zero attached hydrogens (tertiary/aromatic N) is 2. The van der Waals surface area contributed by atoms with E-state index in [0.29, 0.717) is 0 Å². The molecule has 0 N–H and O–H groups in total. The number of hydrogen-bond donors (Lipinski definition) is 0.